The molecule has 2 heterocycles. The molecule has 10 aromatic carbocycles. The molecule has 4 heteroatoms. The van der Waals surface area contributed by atoms with Gasteiger partial charge in [-0.15, -0.1) is 0 Å². The fourth-order valence-electron chi connectivity index (χ4n) is 9.27. The predicted octanol–water partition coefficient (Wildman–Crippen LogP) is 14.6. The Morgan fingerprint density at radius 2 is 0.904 bits per heavy atom. The Kier molecular flexibility index (Phi) is 5.82. The Morgan fingerprint density at radius 1 is 0.327 bits per heavy atom. The van der Waals surface area contributed by atoms with E-state index in [-0.39, 0.29) is 0 Å². The van der Waals surface area contributed by atoms with Gasteiger partial charge in [-0.2, -0.15) is 0 Å². The SMILES string of the molecule is Brc1cc2c3ccccc3c3cccc4c3c2c(c1)n4-c1cccc(-c2ccc3c(c2)c2ccc(Br)c4c2c2c3cccc2n4-c2ccccc2)c1. The van der Waals surface area contributed by atoms with E-state index in [9.17, 15) is 0 Å². The number of halogens is 2. The molecule has 0 amide bonds. The van der Waals surface area contributed by atoms with Crippen molar-refractivity contribution in [2.45, 2.75) is 0 Å². The Labute approximate surface area is 315 Å². The first kappa shape index (κ1) is 29.0. The average Bonchev–Trinajstić information content (AvgIpc) is 3.72. The molecule has 0 spiro atoms. The molecule has 0 bridgehead atoms. The van der Waals surface area contributed by atoms with Crippen molar-refractivity contribution < 1.29 is 0 Å². The Bertz CT molecular complexity index is 3420. The zero-order valence-electron chi connectivity index (χ0n) is 27.7. The van der Waals surface area contributed by atoms with Crippen molar-refractivity contribution in [2.75, 3.05) is 0 Å². The highest BCUT2D eigenvalue weighted by Gasteiger charge is 2.23. The summed E-state index contributed by atoms with van der Waals surface area (Å²) < 4.78 is 7.04. The summed E-state index contributed by atoms with van der Waals surface area (Å²) in [5.74, 6) is 0. The zero-order chi connectivity index (χ0) is 34.2. The van der Waals surface area contributed by atoms with Crippen LogP contribution in [0, 0.1) is 0 Å². The summed E-state index contributed by atoms with van der Waals surface area (Å²) in [6.07, 6.45) is 0. The Morgan fingerprint density at radius 3 is 1.71 bits per heavy atom. The minimum Gasteiger partial charge on any atom is -0.309 e. The predicted molar refractivity (Wildman–Crippen MR) is 228 cm³/mol. The maximum absolute atomic E-state index is 3.96. The Hall–Kier alpha value is -5.68. The number of aromatic nitrogens is 2. The van der Waals surface area contributed by atoms with Gasteiger partial charge in [-0.3, -0.25) is 0 Å². The van der Waals surface area contributed by atoms with Crippen molar-refractivity contribution in [3.8, 4) is 22.5 Å². The maximum atomic E-state index is 3.96. The van der Waals surface area contributed by atoms with Crippen molar-refractivity contribution >= 4 is 119 Å². The summed E-state index contributed by atoms with van der Waals surface area (Å²) in [6.45, 7) is 0. The standard InChI is InChI=1S/C48H26Br2N2/c49-29-25-39-33-14-5-4-13-32(33)35-15-7-17-41-44(35)46(39)43(26-29)51(41)31-12-6-9-27(23-31)28-19-20-34-36-16-8-18-42-45(36)47-37(38(34)24-28)21-22-40(50)48(47)52(42)30-10-2-1-3-11-30/h1-26H. The monoisotopic (exact) mass is 788 g/mol. The van der Waals surface area contributed by atoms with Crippen LogP contribution in [-0.2, 0) is 0 Å². The summed E-state index contributed by atoms with van der Waals surface area (Å²) in [6, 6.07) is 58.2. The van der Waals surface area contributed by atoms with Gasteiger partial charge in [-0.05, 0) is 131 Å². The maximum Gasteiger partial charge on any atom is 0.0689 e. The molecule has 0 fully saturated rings. The molecule has 0 unspecified atom stereocenters. The highest BCUT2D eigenvalue weighted by molar-refractivity contribution is 9.11. The molecule has 0 radical (unpaired) electrons. The molecule has 0 aliphatic carbocycles. The van der Waals surface area contributed by atoms with Crippen LogP contribution in [0.3, 0.4) is 0 Å². The molecule has 52 heavy (non-hydrogen) atoms. The third-order valence-electron chi connectivity index (χ3n) is 11.3. The highest BCUT2D eigenvalue weighted by Crippen LogP contribution is 2.48. The first-order valence-corrected chi connectivity index (χ1v) is 19.2. The third-order valence-corrected chi connectivity index (χ3v) is 12.4. The van der Waals surface area contributed by atoms with Crippen LogP contribution >= 0.6 is 31.9 Å². The van der Waals surface area contributed by atoms with E-state index in [1.54, 1.807) is 0 Å². The normalized spacial score (nSPS) is 12.4. The van der Waals surface area contributed by atoms with E-state index in [1.807, 2.05) is 0 Å². The van der Waals surface area contributed by atoms with Crippen LogP contribution in [0.2, 0.25) is 0 Å². The van der Waals surface area contributed by atoms with Gasteiger partial charge in [-0.25, -0.2) is 0 Å². The molecule has 0 N–H and O–H groups in total. The molecular weight excluding hydrogens is 764 g/mol. The highest BCUT2D eigenvalue weighted by atomic mass is 79.9. The summed E-state index contributed by atoms with van der Waals surface area (Å²) in [4.78, 5) is 0. The van der Waals surface area contributed by atoms with Crippen LogP contribution in [0.15, 0.2) is 167 Å². The molecule has 0 saturated heterocycles. The third kappa shape index (κ3) is 3.73. The van der Waals surface area contributed by atoms with Crippen molar-refractivity contribution in [1.29, 1.82) is 0 Å². The molecule has 0 atom stereocenters. The van der Waals surface area contributed by atoms with E-state index in [0.717, 1.165) is 20.3 Å². The molecule has 0 aliphatic rings. The second-order valence-corrected chi connectivity index (χ2v) is 15.7. The second-order valence-electron chi connectivity index (χ2n) is 13.9. The summed E-state index contributed by atoms with van der Waals surface area (Å²) in [7, 11) is 0. The Balaban J connectivity index is 1.12. The molecule has 12 aromatic rings. The van der Waals surface area contributed by atoms with E-state index >= 15 is 0 Å². The number of rotatable bonds is 3. The number of para-hydroxylation sites is 1. The topological polar surface area (TPSA) is 9.86 Å². The van der Waals surface area contributed by atoms with Gasteiger partial charge in [0.15, 0.2) is 0 Å². The summed E-state index contributed by atoms with van der Waals surface area (Å²) >= 11 is 7.84. The molecule has 242 valence electrons. The van der Waals surface area contributed by atoms with E-state index < -0.39 is 0 Å². The smallest absolute Gasteiger partial charge is 0.0689 e. The van der Waals surface area contributed by atoms with Crippen LogP contribution < -0.4 is 0 Å². The molecule has 2 nitrogen and oxygen atoms in total. The lowest BCUT2D eigenvalue weighted by Crippen LogP contribution is -1.94. The summed E-state index contributed by atoms with van der Waals surface area (Å²) in [5.41, 5.74) is 9.59. The summed E-state index contributed by atoms with van der Waals surface area (Å²) in [5, 5.41) is 15.5. The molecular formula is C48H26Br2N2. The minimum atomic E-state index is 1.08. The lowest BCUT2D eigenvalue weighted by atomic mass is 9.92. The lowest BCUT2D eigenvalue weighted by molar-refractivity contribution is 1.18. The van der Waals surface area contributed by atoms with Gasteiger partial charge in [0, 0.05) is 41.9 Å². The fourth-order valence-corrected chi connectivity index (χ4v) is 10.2. The van der Waals surface area contributed by atoms with Crippen molar-refractivity contribution in [3.63, 3.8) is 0 Å². The first-order valence-electron chi connectivity index (χ1n) is 17.6. The van der Waals surface area contributed by atoms with Crippen molar-refractivity contribution in [2.24, 2.45) is 0 Å². The average molecular weight is 791 g/mol. The van der Waals surface area contributed by atoms with Gasteiger partial charge in [0.2, 0.25) is 0 Å². The molecule has 2 aromatic heterocycles. The number of benzene rings is 10. The lowest BCUT2D eigenvalue weighted by Gasteiger charge is -2.13. The van der Waals surface area contributed by atoms with Gasteiger partial charge >= 0.3 is 0 Å². The van der Waals surface area contributed by atoms with E-state index in [1.165, 1.54) is 97.8 Å². The quantitative estimate of drug-likeness (QED) is 0.158. The van der Waals surface area contributed by atoms with Crippen LogP contribution in [-0.4, -0.2) is 9.13 Å². The van der Waals surface area contributed by atoms with E-state index in [0.29, 0.717) is 0 Å². The van der Waals surface area contributed by atoms with E-state index in [2.05, 4.69) is 199 Å². The van der Waals surface area contributed by atoms with Gasteiger partial charge in [0.25, 0.3) is 0 Å². The van der Waals surface area contributed by atoms with E-state index in [4.69, 9.17) is 0 Å². The van der Waals surface area contributed by atoms with Crippen molar-refractivity contribution in [1.82, 2.24) is 9.13 Å². The first-order chi connectivity index (χ1) is 25.6. The van der Waals surface area contributed by atoms with Crippen LogP contribution in [0.4, 0.5) is 0 Å². The number of nitrogens with zero attached hydrogens (tertiary/aromatic N) is 2. The van der Waals surface area contributed by atoms with Gasteiger partial charge in [0.1, 0.15) is 0 Å². The number of hydrogen-bond acceptors (Lipinski definition) is 0. The zero-order valence-corrected chi connectivity index (χ0v) is 30.8. The van der Waals surface area contributed by atoms with Crippen molar-refractivity contribution in [3.05, 3.63) is 167 Å². The van der Waals surface area contributed by atoms with Gasteiger partial charge < -0.3 is 9.13 Å². The van der Waals surface area contributed by atoms with Crippen LogP contribution in [0.25, 0.3) is 109 Å². The fraction of sp³-hybridized carbons (Fsp3) is 0. The second kappa shape index (κ2) is 10.4. The van der Waals surface area contributed by atoms with Gasteiger partial charge in [-0.1, -0.05) is 113 Å². The largest absolute Gasteiger partial charge is 0.309 e. The van der Waals surface area contributed by atoms with Gasteiger partial charge in [0.05, 0.1) is 22.1 Å². The minimum absolute atomic E-state index is 1.08. The molecule has 12 rings (SSSR count). The molecule has 0 aliphatic heterocycles. The number of fused-ring (bicyclic) bond motifs is 6. The van der Waals surface area contributed by atoms with Crippen LogP contribution in [0.1, 0.15) is 0 Å². The molecule has 0 saturated carbocycles. The number of hydrogen-bond donors (Lipinski definition) is 0. The van der Waals surface area contributed by atoms with Crippen LogP contribution in [0.5, 0.6) is 0 Å².